The number of benzene rings is 3. The van der Waals surface area contributed by atoms with Gasteiger partial charge in [-0.1, -0.05) is 91.0 Å². The van der Waals surface area contributed by atoms with Crippen LogP contribution in [0.5, 0.6) is 0 Å². The molecule has 0 aliphatic carbocycles. The Hall–Kier alpha value is -5.16. The van der Waals surface area contributed by atoms with Gasteiger partial charge in [-0.05, 0) is 70.8 Å². The SMILES string of the molecule is [Cl][Ru].c1ccc(-c2cccc(-c3ccccn3)n2)nc1.c1ccc(-c2ccnc3c2ccc2c(-c4ccccc4)ccnc23)cc1. The van der Waals surface area contributed by atoms with Crippen LogP contribution in [0, 0.1) is 0 Å². The summed E-state index contributed by atoms with van der Waals surface area (Å²) in [5.41, 5.74) is 10.1. The van der Waals surface area contributed by atoms with E-state index < -0.39 is 0 Å². The van der Waals surface area contributed by atoms with Crippen LogP contribution >= 0.6 is 9.69 Å². The summed E-state index contributed by atoms with van der Waals surface area (Å²) in [5.74, 6) is 0. The van der Waals surface area contributed by atoms with Crippen LogP contribution < -0.4 is 0 Å². The van der Waals surface area contributed by atoms with E-state index in [1.807, 2.05) is 96.4 Å². The van der Waals surface area contributed by atoms with Gasteiger partial charge in [-0.25, -0.2) is 4.98 Å². The van der Waals surface area contributed by atoms with E-state index in [1.54, 1.807) is 12.4 Å². The molecule has 5 nitrogen and oxygen atoms in total. The van der Waals surface area contributed by atoms with Crippen LogP contribution in [0.1, 0.15) is 0 Å². The average Bonchev–Trinajstić information content (AvgIpc) is 3.17. The van der Waals surface area contributed by atoms with E-state index in [0.717, 1.165) is 44.6 Å². The number of nitrogens with zero attached hydrogens (tertiary/aromatic N) is 5. The maximum atomic E-state index is 4.67. The molecule has 8 aromatic rings. The van der Waals surface area contributed by atoms with Gasteiger partial charge in [0.15, 0.2) is 0 Å². The van der Waals surface area contributed by atoms with Crippen molar-refractivity contribution in [2.75, 3.05) is 0 Å². The predicted octanol–water partition coefficient (Wildman–Crippen LogP) is 10.0. The van der Waals surface area contributed by atoms with E-state index in [4.69, 9.17) is 0 Å². The Bertz CT molecular complexity index is 2010. The summed E-state index contributed by atoms with van der Waals surface area (Å²) in [6.07, 6.45) is 7.29. The molecule has 5 aromatic heterocycles. The van der Waals surface area contributed by atoms with Crippen molar-refractivity contribution >= 4 is 31.5 Å². The van der Waals surface area contributed by atoms with Crippen LogP contribution in [0.15, 0.2) is 164 Å². The Morgan fingerprint density at radius 1 is 0.348 bits per heavy atom. The molecule has 0 unspecified atom stereocenters. The second kappa shape index (κ2) is 15.2. The van der Waals surface area contributed by atoms with Crippen molar-refractivity contribution in [1.29, 1.82) is 0 Å². The fourth-order valence-electron chi connectivity index (χ4n) is 5.32. The number of pyridine rings is 5. The van der Waals surface area contributed by atoms with Crippen molar-refractivity contribution in [3.8, 4) is 45.0 Å². The smallest absolute Gasteiger partial charge is 0.0970 e. The molecule has 7 heteroatoms. The summed E-state index contributed by atoms with van der Waals surface area (Å²) < 4.78 is 0. The van der Waals surface area contributed by atoms with Crippen LogP contribution in [0.2, 0.25) is 0 Å². The van der Waals surface area contributed by atoms with Gasteiger partial charge >= 0.3 is 27.0 Å². The monoisotopic (exact) mass is 702 g/mol. The second-order valence-corrected chi connectivity index (χ2v) is 10.1. The van der Waals surface area contributed by atoms with E-state index in [0.29, 0.717) is 0 Å². The Labute approximate surface area is 281 Å². The molecule has 46 heavy (non-hydrogen) atoms. The average molecular weight is 702 g/mol. The van der Waals surface area contributed by atoms with Crippen LogP contribution in [0.3, 0.4) is 0 Å². The molecule has 0 saturated heterocycles. The topological polar surface area (TPSA) is 64.5 Å². The Balaban J connectivity index is 0.000000163. The molecule has 0 amide bonds. The number of rotatable bonds is 4. The minimum Gasteiger partial charge on any atom is -0.255 e. The van der Waals surface area contributed by atoms with Gasteiger partial charge in [-0.3, -0.25) is 19.9 Å². The Morgan fingerprint density at radius 2 is 0.761 bits per heavy atom. The van der Waals surface area contributed by atoms with Crippen LogP contribution in [0.4, 0.5) is 0 Å². The molecule has 0 N–H and O–H groups in total. The fourth-order valence-corrected chi connectivity index (χ4v) is 5.32. The molecule has 0 spiro atoms. The number of hydrogen-bond acceptors (Lipinski definition) is 5. The van der Waals surface area contributed by atoms with Crippen molar-refractivity contribution in [1.82, 2.24) is 24.9 Å². The Morgan fingerprint density at radius 3 is 1.17 bits per heavy atom. The summed E-state index contributed by atoms with van der Waals surface area (Å²) in [4.78, 5) is 22.5. The van der Waals surface area contributed by atoms with Crippen LogP contribution in [-0.4, -0.2) is 24.9 Å². The van der Waals surface area contributed by atoms with E-state index in [2.05, 4.69) is 107 Å². The van der Waals surface area contributed by atoms with Crippen LogP contribution in [-0.2, 0) is 17.3 Å². The summed E-state index contributed by atoms with van der Waals surface area (Å²) in [5, 5.41) is 2.26. The Kier molecular flexibility index (Phi) is 10.2. The first-order valence-corrected chi connectivity index (χ1v) is 16.8. The zero-order valence-electron chi connectivity index (χ0n) is 24.6. The first-order valence-electron chi connectivity index (χ1n) is 14.6. The molecule has 0 aliphatic heterocycles. The van der Waals surface area contributed by atoms with Gasteiger partial charge in [0.1, 0.15) is 0 Å². The van der Waals surface area contributed by atoms with E-state index >= 15 is 0 Å². The van der Waals surface area contributed by atoms with Gasteiger partial charge in [-0.15, -0.1) is 0 Å². The second-order valence-electron chi connectivity index (χ2n) is 10.1. The molecule has 0 saturated carbocycles. The molecule has 8 rings (SSSR count). The summed E-state index contributed by atoms with van der Waals surface area (Å²) in [6, 6.07) is 46.8. The first-order chi connectivity index (χ1) is 22.8. The molecular weight excluding hydrogens is 675 g/mol. The summed E-state index contributed by atoms with van der Waals surface area (Å²) in [6.45, 7) is 0. The third kappa shape index (κ3) is 6.89. The van der Waals surface area contributed by atoms with Gasteiger partial charge in [0, 0.05) is 35.6 Å². The summed E-state index contributed by atoms with van der Waals surface area (Å²) >= 11 is 1.82. The van der Waals surface area contributed by atoms with Crippen molar-refractivity contribution in [3.05, 3.63) is 164 Å². The number of fused-ring (bicyclic) bond motifs is 3. The van der Waals surface area contributed by atoms with Crippen LogP contribution in [0.25, 0.3) is 66.8 Å². The first kappa shape index (κ1) is 30.9. The zero-order valence-corrected chi connectivity index (χ0v) is 27.1. The molecule has 223 valence electrons. The van der Waals surface area contributed by atoms with Gasteiger partial charge in [0.2, 0.25) is 0 Å². The van der Waals surface area contributed by atoms with Crippen molar-refractivity contribution < 1.29 is 17.3 Å². The normalized spacial score (nSPS) is 10.4. The molecule has 0 radical (unpaired) electrons. The third-order valence-electron chi connectivity index (χ3n) is 7.39. The minimum absolute atomic E-state index is 0.860. The zero-order chi connectivity index (χ0) is 31.6. The molecule has 0 fully saturated rings. The number of aromatic nitrogens is 5. The van der Waals surface area contributed by atoms with E-state index in [-0.39, 0.29) is 0 Å². The largest absolute Gasteiger partial charge is 0.255 e. The fraction of sp³-hybridized carbons (Fsp3) is 0. The van der Waals surface area contributed by atoms with Crippen molar-refractivity contribution in [3.63, 3.8) is 0 Å². The van der Waals surface area contributed by atoms with Crippen molar-refractivity contribution in [2.24, 2.45) is 0 Å². The molecular formula is C39H27ClN5Ru. The maximum Gasteiger partial charge on any atom is 0.0970 e. The van der Waals surface area contributed by atoms with Gasteiger partial charge in [0.25, 0.3) is 0 Å². The molecule has 3 aromatic carbocycles. The van der Waals surface area contributed by atoms with Gasteiger partial charge in [0.05, 0.1) is 33.8 Å². The van der Waals surface area contributed by atoms with E-state index in [1.165, 1.54) is 22.3 Å². The molecule has 0 aliphatic rings. The molecule has 0 bridgehead atoms. The van der Waals surface area contributed by atoms with Gasteiger partial charge in [-0.2, -0.15) is 0 Å². The maximum absolute atomic E-state index is 4.67. The standard InChI is InChI=1S/C24H16N2.C15H11N3.ClH.Ru/c1-3-7-17(8-4-1)19-13-15-25-23-21(19)11-12-22-20(14-16-26-24(22)23)18-9-5-2-6-10-18;1-3-10-16-12(6-1)14-8-5-9-15(18-14)13-7-2-4-11-17-13;;/h1-16H;1-11H;1H;/q;;;+1/p-1. The quantitative estimate of drug-likeness (QED) is 0.135. The van der Waals surface area contributed by atoms with Gasteiger partial charge < -0.3 is 0 Å². The molecule has 5 heterocycles. The molecule has 0 atom stereocenters. The van der Waals surface area contributed by atoms with Crippen molar-refractivity contribution in [2.45, 2.75) is 0 Å². The number of halogens is 1. The predicted molar refractivity (Wildman–Crippen MR) is 184 cm³/mol. The third-order valence-corrected chi connectivity index (χ3v) is 7.39. The minimum atomic E-state index is 0.860. The summed E-state index contributed by atoms with van der Waals surface area (Å²) in [7, 11) is 4.57. The van der Waals surface area contributed by atoms with E-state index in [9.17, 15) is 0 Å². The number of hydrogen-bond donors (Lipinski definition) is 0.